The van der Waals surface area contributed by atoms with Crippen LogP contribution in [0.5, 0.6) is 0 Å². The standard InChI is InChI=1S/C22H29N3O2/c1-5-17-8-10-18(11-9-17)16(4)24-22(27)14-23-20-13-19(12-7-15(20)3)25-21(26)6-2/h7-13,16,23H,5-6,14H2,1-4H3,(H,24,27)(H,25,26). The Morgan fingerprint density at radius 1 is 1.00 bits per heavy atom. The van der Waals surface area contributed by atoms with E-state index in [0.29, 0.717) is 6.42 Å². The maximum Gasteiger partial charge on any atom is 0.239 e. The maximum atomic E-state index is 12.3. The molecule has 1 unspecified atom stereocenters. The number of anilines is 2. The van der Waals surface area contributed by atoms with Crippen LogP contribution in [0.1, 0.15) is 49.9 Å². The average Bonchev–Trinajstić information content (AvgIpc) is 2.68. The fraction of sp³-hybridized carbons (Fsp3) is 0.364. The van der Waals surface area contributed by atoms with Crippen molar-refractivity contribution in [3.63, 3.8) is 0 Å². The zero-order valence-electron chi connectivity index (χ0n) is 16.6. The summed E-state index contributed by atoms with van der Waals surface area (Å²) >= 11 is 0. The molecule has 0 aliphatic carbocycles. The molecular weight excluding hydrogens is 338 g/mol. The first-order chi connectivity index (χ1) is 12.9. The van der Waals surface area contributed by atoms with E-state index < -0.39 is 0 Å². The predicted octanol–water partition coefficient (Wildman–Crippen LogP) is 4.20. The van der Waals surface area contributed by atoms with Crippen LogP contribution in [-0.4, -0.2) is 18.4 Å². The fourth-order valence-electron chi connectivity index (χ4n) is 2.73. The zero-order valence-corrected chi connectivity index (χ0v) is 16.6. The van der Waals surface area contributed by atoms with Crippen molar-refractivity contribution in [2.24, 2.45) is 0 Å². The topological polar surface area (TPSA) is 70.2 Å². The summed E-state index contributed by atoms with van der Waals surface area (Å²) in [4.78, 5) is 23.8. The lowest BCUT2D eigenvalue weighted by molar-refractivity contribution is -0.120. The van der Waals surface area contributed by atoms with Crippen molar-refractivity contribution in [1.29, 1.82) is 0 Å². The van der Waals surface area contributed by atoms with Crippen LogP contribution in [0.2, 0.25) is 0 Å². The number of rotatable bonds is 8. The largest absolute Gasteiger partial charge is 0.376 e. The van der Waals surface area contributed by atoms with Gasteiger partial charge in [-0.3, -0.25) is 9.59 Å². The smallest absolute Gasteiger partial charge is 0.239 e. The van der Waals surface area contributed by atoms with Crippen molar-refractivity contribution >= 4 is 23.2 Å². The molecule has 0 bridgehead atoms. The molecule has 3 N–H and O–H groups in total. The zero-order chi connectivity index (χ0) is 19.8. The summed E-state index contributed by atoms with van der Waals surface area (Å²) < 4.78 is 0. The Morgan fingerprint density at radius 2 is 1.70 bits per heavy atom. The Kier molecular flexibility index (Phi) is 7.41. The molecule has 0 spiro atoms. The highest BCUT2D eigenvalue weighted by Gasteiger charge is 2.10. The van der Waals surface area contributed by atoms with Crippen molar-refractivity contribution in [3.05, 3.63) is 59.2 Å². The third kappa shape index (κ3) is 6.13. The first-order valence-electron chi connectivity index (χ1n) is 9.45. The molecule has 1 atom stereocenters. The quantitative estimate of drug-likeness (QED) is 0.655. The molecule has 5 heteroatoms. The molecule has 0 heterocycles. The highest BCUT2D eigenvalue weighted by molar-refractivity contribution is 5.91. The normalized spacial score (nSPS) is 11.6. The van der Waals surface area contributed by atoms with Crippen LogP contribution in [0.3, 0.4) is 0 Å². The SMILES string of the molecule is CCC(=O)Nc1ccc(C)c(NCC(=O)NC(C)c2ccc(CC)cc2)c1. The molecule has 2 rings (SSSR count). The second kappa shape index (κ2) is 9.76. The van der Waals surface area contributed by atoms with E-state index in [1.165, 1.54) is 5.56 Å². The molecule has 0 radical (unpaired) electrons. The lowest BCUT2D eigenvalue weighted by Gasteiger charge is -2.16. The van der Waals surface area contributed by atoms with Gasteiger partial charge in [-0.25, -0.2) is 0 Å². The molecule has 2 aromatic rings. The molecular formula is C22H29N3O2. The summed E-state index contributed by atoms with van der Waals surface area (Å²) in [6.07, 6.45) is 1.43. The number of carbonyl (C=O) groups excluding carboxylic acids is 2. The predicted molar refractivity (Wildman–Crippen MR) is 111 cm³/mol. The number of aryl methyl sites for hydroxylation is 2. The molecule has 2 aromatic carbocycles. The van der Waals surface area contributed by atoms with Gasteiger partial charge in [0, 0.05) is 17.8 Å². The molecule has 144 valence electrons. The summed E-state index contributed by atoms with van der Waals surface area (Å²) in [5.41, 5.74) is 4.93. The number of hydrogen-bond acceptors (Lipinski definition) is 3. The minimum Gasteiger partial charge on any atom is -0.376 e. The second-order valence-electron chi connectivity index (χ2n) is 6.67. The molecule has 0 aliphatic rings. The van der Waals surface area contributed by atoms with Gasteiger partial charge < -0.3 is 16.0 Å². The summed E-state index contributed by atoms with van der Waals surface area (Å²) in [7, 11) is 0. The molecule has 0 aliphatic heterocycles. The Morgan fingerprint density at radius 3 is 2.33 bits per heavy atom. The molecule has 2 amide bonds. The summed E-state index contributed by atoms with van der Waals surface area (Å²) in [6, 6.07) is 13.9. The molecule has 0 saturated heterocycles. The van der Waals surface area contributed by atoms with E-state index in [-0.39, 0.29) is 24.4 Å². The highest BCUT2D eigenvalue weighted by atomic mass is 16.2. The van der Waals surface area contributed by atoms with E-state index in [0.717, 1.165) is 28.9 Å². The van der Waals surface area contributed by atoms with Crippen molar-refractivity contribution in [3.8, 4) is 0 Å². The molecule has 0 aromatic heterocycles. The van der Waals surface area contributed by atoms with Gasteiger partial charge in [0.2, 0.25) is 11.8 Å². The molecule has 27 heavy (non-hydrogen) atoms. The number of hydrogen-bond donors (Lipinski definition) is 3. The van der Waals surface area contributed by atoms with Crippen LogP contribution < -0.4 is 16.0 Å². The molecule has 5 nitrogen and oxygen atoms in total. The van der Waals surface area contributed by atoms with Gasteiger partial charge in [-0.05, 0) is 49.1 Å². The van der Waals surface area contributed by atoms with Crippen molar-refractivity contribution in [1.82, 2.24) is 5.32 Å². The first-order valence-corrected chi connectivity index (χ1v) is 9.45. The van der Waals surface area contributed by atoms with Gasteiger partial charge in [0.05, 0.1) is 12.6 Å². The third-order valence-electron chi connectivity index (χ3n) is 4.55. The lowest BCUT2D eigenvalue weighted by Crippen LogP contribution is -2.32. The van der Waals surface area contributed by atoms with Crippen LogP contribution in [0.25, 0.3) is 0 Å². The van der Waals surface area contributed by atoms with Crippen LogP contribution in [0.15, 0.2) is 42.5 Å². The average molecular weight is 367 g/mol. The van der Waals surface area contributed by atoms with Crippen LogP contribution in [0, 0.1) is 6.92 Å². The van der Waals surface area contributed by atoms with Crippen LogP contribution >= 0.6 is 0 Å². The fourth-order valence-corrected chi connectivity index (χ4v) is 2.73. The van der Waals surface area contributed by atoms with E-state index in [1.807, 2.05) is 39.0 Å². The Bertz CT molecular complexity index is 785. The van der Waals surface area contributed by atoms with Crippen molar-refractivity contribution < 1.29 is 9.59 Å². The van der Waals surface area contributed by atoms with E-state index in [2.05, 4.69) is 47.1 Å². The van der Waals surface area contributed by atoms with Crippen molar-refractivity contribution in [2.45, 2.75) is 46.6 Å². The number of amides is 2. The van der Waals surface area contributed by atoms with Gasteiger partial charge in [0.25, 0.3) is 0 Å². The number of carbonyl (C=O) groups is 2. The van der Waals surface area contributed by atoms with Crippen molar-refractivity contribution in [2.75, 3.05) is 17.2 Å². The van der Waals surface area contributed by atoms with Gasteiger partial charge in [0.1, 0.15) is 0 Å². The minimum absolute atomic E-state index is 0.0366. The number of nitrogens with one attached hydrogen (secondary N) is 3. The minimum atomic E-state index is -0.0792. The lowest BCUT2D eigenvalue weighted by atomic mass is 10.1. The maximum absolute atomic E-state index is 12.3. The number of benzene rings is 2. The van der Waals surface area contributed by atoms with Crippen LogP contribution in [-0.2, 0) is 16.0 Å². The highest BCUT2D eigenvalue weighted by Crippen LogP contribution is 2.20. The van der Waals surface area contributed by atoms with Gasteiger partial charge in [-0.2, -0.15) is 0 Å². The first kappa shape index (κ1) is 20.5. The summed E-state index contributed by atoms with van der Waals surface area (Å²) in [6.45, 7) is 8.04. The van der Waals surface area contributed by atoms with E-state index >= 15 is 0 Å². The second-order valence-corrected chi connectivity index (χ2v) is 6.67. The molecule has 0 fully saturated rings. The summed E-state index contributed by atoms with van der Waals surface area (Å²) in [5.74, 6) is -0.116. The van der Waals surface area contributed by atoms with Gasteiger partial charge in [-0.1, -0.05) is 44.2 Å². The Hall–Kier alpha value is -2.82. The third-order valence-corrected chi connectivity index (χ3v) is 4.55. The molecule has 0 saturated carbocycles. The van der Waals surface area contributed by atoms with Gasteiger partial charge in [-0.15, -0.1) is 0 Å². The van der Waals surface area contributed by atoms with E-state index in [9.17, 15) is 9.59 Å². The Labute approximate surface area is 161 Å². The van der Waals surface area contributed by atoms with Gasteiger partial charge >= 0.3 is 0 Å². The monoisotopic (exact) mass is 367 g/mol. The van der Waals surface area contributed by atoms with E-state index in [1.54, 1.807) is 0 Å². The summed E-state index contributed by atoms with van der Waals surface area (Å²) in [5, 5.41) is 8.99. The van der Waals surface area contributed by atoms with E-state index in [4.69, 9.17) is 0 Å². The Balaban J connectivity index is 1.92. The van der Waals surface area contributed by atoms with Gasteiger partial charge in [0.15, 0.2) is 0 Å². The van der Waals surface area contributed by atoms with Crippen LogP contribution in [0.4, 0.5) is 11.4 Å².